The van der Waals surface area contributed by atoms with Crippen molar-refractivity contribution >= 4 is 23.2 Å². The average molecular weight is 480 g/mol. The number of morpholine rings is 1. The number of alkyl halides is 5. The van der Waals surface area contributed by atoms with Crippen LogP contribution in [0.5, 0.6) is 5.75 Å². The van der Waals surface area contributed by atoms with Gasteiger partial charge in [0.15, 0.2) is 5.75 Å². The van der Waals surface area contributed by atoms with Crippen LogP contribution in [-0.2, 0) is 14.3 Å². The lowest BCUT2D eigenvalue weighted by atomic mass is 10.1. The Kier molecular flexibility index (Phi) is 8.08. The molecule has 1 heterocycles. The molecular weight excluding hydrogens is 455 g/mol. The lowest BCUT2D eigenvalue weighted by Gasteiger charge is -2.31. The number of nitrogens with two attached hydrogens (primary N) is 1. The molecule has 0 spiro atoms. The van der Waals surface area contributed by atoms with Gasteiger partial charge in [0.2, 0.25) is 5.91 Å². The smallest absolute Gasteiger partial charge is 0.401 e. The highest BCUT2D eigenvalue weighted by Gasteiger charge is 2.39. The molecule has 3 N–H and O–H groups in total. The standard InChI is InChI=1S/C20H25F5N4O4/c21-19(22)33-16-7-13(29-5-6-32-10-17(29)30)3-4-14(16)27-18(31)15(8-26)28(9-12-1-2-12)11-20(23,24)25/h3-4,7,12,15,19H,1-2,5-6,8-11,26H2,(H,27,31)/t15-/m1/s1. The predicted molar refractivity (Wildman–Crippen MR) is 108 cm³/mol. The Morgan fingerprint density at radius 1 is 1.33 bits per heavy atom. The third-order valence-corrected chi connectivity index (χ3v) is 5.28. The van der Waals surface area contributed by atoms with Gasteiger partial charge in [0.05, 0.1) is 18.8 Å². The van der Waals surface area contributed by atoms with Crippen LogP contribution in [0.3, 0.4) is 0 Å². The first-order chi connectivity index (χ1) is 15.6. The van der Waals surface area contributed by atoms with Crippen LogP contribution < -0.4 is 20.7 Å². The van der Waals surface area contributed by atoms with Crippen molar-refractivity contribution in [1.82, 2.24) is 4.90 Å². The van der Waals surface area contributed by atoms with Crippen LogP contribution in [0.15, 0.2) is 18.2 Å². The fourth-order valence-corrected chi connectivity index (χ4v) is 3.57. The number of hydrogen-bond acceptors (Lipinski definition) is 6. The molecule has 0 bridgehead atoms. The van der Waals surface area contributed by atoms with Gasteiger partial charge in [-0.05, 0) is 30.9 Å². The van der Waals surface area contributed by atoms with E-state index in [1.165, 1.54) is 17.0 Å². The summed E-state index contributed by atoms with van der Waals surface area (Å²) in [7, 11) is 0. The van der Waals surface area contributed by atoms with E-state index < -0.39 is 43.6 Å². The molecule has 184 valence electrons. The van der Waals surface area contributed by atoms with Crippen molar-refractivity contribution < 1.29 is 41.0 Å². The first-order valence-electron chi connectivity index (χ1n) is 10.4. The maximum Gasteiger partial charge on any atom is 0.401 e. The second-order valence-electron chi connectivity index (χ2n) is 7.89. The van der Waals surface area contributed by atoms with Crippen LogP contribution in [0.4, 0.5) is 33.3 Å². The first kappa shape index (κ1) is 25.1. The van der Waals surface area contributed by atoms with Crippen LogP contribution >= 0.6 is 0 Å². The van der Waals surface area contributed by atoms with E-state index >= 15 is 0 Å². The van der Waals surface area contributed by atoms with Gasteiger partial charge in [-0.15, -0.1) is 0 Å². The molecule has 13 heteroatoms. The molecule has 2 aliphatic rings. The number of hydrogen-bond donors (Lipinski definition) is 2. The van der Waals surface area contributed by atoms with Crippen LogP contribution in [-0.4, -0.2) is 74.9 Å². The lowest BCUT2D eigenvalue weighted by Crippen LogP contribution is -2.52. The molecule has 8 nitrogen and oxygen atoms in total. The summed E-state index contributed by atoms with van der Waals surface area (Å²) in [5.41, 5.74) is 5.69. The monoisotopic (exact) mass is 480 g/mol. The molecule has 0 aromatic heterocycles. The number of carbonyl (C=O) groups excluding carboxylic acids is 2. The zero-order chi connectivity index (χ0) is 24.2. The molecule has 1 saturated carbocycles. The Labute approximate surface area is 186 Å². The molecule has 1 aliphatic heterocycles. The van der Waals surface area contributed by atoms with E-state index in [4.69, 9.17) is 10.5 Å². The highest BCUT2D eigenvalue weighted by Crippen LogP contribution is 2.34. The number of ether oxygens (including phenoxy) is 2. The van der Waals surface area contributed by atoms with Crippen molar-refractivity contribution in [2.75, 3.05) is 49.6 Å². The summed E-state index contributed by atoms with van der Waals surface area (Å²) in [5.74, 6) is -1.64. The largest absolute Gasteiger partial charge is 0.433 e. The van der Waals surface area contributed by atoms with Crippen LogP contribution in [0.2, 0.25) is 0 Å². The third kappa shape index (κ3) is 7.24. The topological polar surface area (TPSA) is 97.1 Å². The van der Waals surface area contributed by atoms with Crippen LogP contribution in [0, 0.1) is 5.92 Å². The van der Waals surface area contributed by atoms with Crippen LogP contribution in [0.1, 0.15) is 12.8 Å². The summed E-state index contributed by atoms with van der Waals surface area (Å²) >= 11 is 0. The van der Waals surface area contributed by atoms with E-state index in [1.807, 2.05) is 0 Å². The minimum atomic E-state index is -4.54. The van der Waals surface area contributed by atoms with Gasteiger partial charge in [0, 0.05) is 31.4 Å². The molecule has 1 aliphatic carbocycles. The second kappa shape index (κ2) is 10.6. The summed E-state index contributed by atoms with van der Waals surface area (Å²) in [6.07, 6.45) is -3.01. The van der Waals surface area contributed by atoms with Gasteiger partial charge in [-0.2, -0.15) is 22.0 Å². The van der Waals surface area contributed by atoms with E-state index in [9.17, 15) is 31.5 Å². The number of benzene rings is 1. The highest BCUT2D eigenvalue weighted by atomic mass is 19.4. The molecule has 1 aromatic rings. The number of nitrogens with one attached hydrogen (secondary N) is 1. The molecule has 1 atom stereocenters. The Morgan fingerprint density at radius 3 is 2.64 bits per heavy atom. The second-order valence-corrected chi connectivity index (χ2v) is 7.89. The average Bonchev–Trinajstić information content (AvgIpc) is 3.52. The fourth-order valence-electron chi connectivity index (χ4n) is 3.57. The minimum absolute atomic E-state index is 0.0489. The van der Waals surface area contributed by atoms with E-state index in [2.05, 4.69) is 10.1 Å². The van der Waals surface area contributed by atoms with E-state index in [1.54, 1.807) is 0 Å². The van der Waals surface area contributed by atoms with Crippen molar-refractivity contribution in [1.29, 1.82) is 0 Å². The molecule has 1 aromatic carbocycles. The number of nitrogens with zero attached hydrogens (tertiary/aromatic N) is 2. The predicted octanol–water partition coefficient (Wildman–Crippen LogP) is 2.19. The fraction of sp³-hybridized carbons (Fsp3) is 0.600. The molecule has 0 unspecified atom stereocenters. The zero-order valence-corrected chi connectivity index (χ0v) is 17.6. The third-order valence-electron chi connectivity index (χ3n) is 5.28. The maximum atomic E-state index is 13.1. The van der Waals surface area contributed by atoms with Crippen LogP contribution in [0.25, 0.3) is 0 Å². The molecule has 2 amide bonds. The summed E-state index contributed by atoms with van der Waals surface area (Å²) in [4.78, 5) is 27.1. The Hall–Kier alpha value is -2.51. The number of rotatable bonds is 10. The molecule has 0 radical (unpaired) electrons. The van der Waals surface area contributed by atoms with Crippen molar-refractivity contribution in [3.8, 4) is 5.75 Å². The van der Waals surface area contributed by atoms with Gasteiger partial charge >= 0.3 is 12.8 Å². The zero-order valence-electron chi connectivity index (χ0n) is 17.6. The van der Waals surface area contributed by atoms with E-state index in [0.717, 1.165) is 23.8 Å². The molecule has 3 rings (SSSR count). The van der Waals surface area contributed by atoms with Gasteiger partial charge in [-0.1, -0.05) is 0 Å². The molecule has 1 saturated heterocycles. The number of amides is 2. The number of carbonyl (C=O) groups is 2. The molecular formula is C20H25F5N4O4. The quantitative estimate of drug-likeness (QED) is 0.499. The SMILES string of the molecule is NC[C@H](C(=O)Nc1ccc(N2CCOCC2=O)cc1OC(F)F)N(CC1CC1)CC(F)(F)F. The van der Waals surface area contributed by atoms with E-state index in [0.29, 0.717) is 0 Å². The first-order valence-corrected chi connectivity index (χ1v) is 10.4. The maximum absolute atomic E-state index is 13.1. The van der Waals surface area contributed by atoms with Crippen molar-refractivity contribution in [2.24, 2.45) is 11.7 Å². The summed E-state index contributed by atoms with van der Waals surface area (Å²) in [6.45, 7) is -4.63. The minimum Gasteiger partial charge on any atom is -0.433 e. The summed E-state index contributed by atoms with van der Waals surface area (Å²) in [6, 6.07) is 2.48. The van der Waals surface area contributed by atoms with Gasteiger partial charge < -0.3 is 25.4 Å². The van der Waals surface area contributed by atoms with Gasteiger partial charge in [-0.3, -0.25) is 14.5 Å². The number of anilines is 2. The van der Waals surface area contributed by atoms with E-state index in [-0.39, 0.29) is 49.5 Å². The Balaban J connectivity index is 1.81. The van der Waals surface area contributed by atoms with Gasteiger partial charge in [-0.25, -0.2) is 0 Å². The van der Waals surface area contributed by atoms with Gasteiger partial charge in [0.1, 0.15) is 12.6 Å². The summed E-state index contributed by atoms with van der Waals surface area (Å²) in [5, 5.41) is 2.35. The molecule has 33 heavy (non-hydrogen) atoms. The molecule has 2 fully saturated rings. The highest BCUT2D eigenvalue weighted by molar-refractivity contribution is 5.98. The normalized spacial score (nSPS) is 18.1. The van der Waals surface area contributed by atoms with Crippen molar-refractivity contribution in [3.63, 3.8) is 0 Å². The Morgan fingerprint density at radius 2 is 2.06 bits per heavy atom. The van der Waals surface area contributed by atoms with Crippen molar-refractivity contribution in [2.45, 2.75) is 31.7 Å². The van der Waals surface area contributed by atoms with Gasteiger partial charge in [0.25, 0.3) is 5.91 Å². The van der Waals surface area contributed by atoms with Crippen molar-refractivity contribution in [3.05, 3.63) is 18.2 Å². The Bertz CT molecular complexity index is 850. The number of halogens is 5. The lowest BCUT2D eigenvalue weighted by molar-refractivity contribution is -0.154. The summed E-state index contributed by atoms with van der Waals surface area (Å²) < 4.78 is 74.7.